The van der Waals surface area contributed by atoms with E-state index in [-0.39, 0.29) is 0 Å². The summed E-state index contributed by atoms with van der Waals surface area (Å²) in [6, 6.07) is 9.57. The van der Waals surface area contributed by atoms with Crippen LogP contribution >= 0.6 is 0 Å². The first-order valence-corrected chi connectivity index (χ1v) is 5.15. The summed E-state index contributed by atoms with van der Waals surface area (Å²) in [5.74, 6) is 0. The predicted octanol–water partition coefficient (Wildman–Crippen LogP) is 1.30. The minimum Gasteiger partial charge on any atom is -0.386 e. The molecule has 15 heavy (non-hydrogen) atoms. The van der Waals surface area contributed by atoms with E-state index in [1.165, 1.54) is 0 Å². The van der Waals surface area contributed by atoms with Crippen molar-refractivity contribution in [2.75, 3.05) is 33.9 Å². The lowest BCUT2D eigenvalue weighted by Gasteiger charge is -2.13. The van der Waals surface area contributed by atoms with Crippen LogP contribution in [0.1, 0.15) is 11.7 Å². The van der Waals surface area contributed by atoms with Crippen LogP contribution in [0.25, 0.3) is 0 Å². The van der Waals surface area contributed by atoms with Crippen LogP contribution in [0.4, 0.5) is 0 Å². The molecule has 0 aliphatic carbocycles. The van der Waals surface area contributed by atoms with E-state index in [4.69, 9.17) is 4.74 Å². The molecular formula is C12H19NO2. The van der Waals surface area contributed by atoms with Gasteiger partial charge in [0.1, 0.15) is 6.10 Å². The fraction of sp³-hybridized carbons (Fsp3) is 0.500. The first-order chi connectivity index (χ1) is 7.20. The maximum absolute atomic E-state index is 9.75. The molecule has 0 saturated carbocycles. The number of likely N-dealkylation sites (N-methyl/N-ethyl adjacent to an activating group) is 1. The van der Waals surface area contributed by atoms with Crippen molar-refractivity contribution in [1.29, 1.82) is 0 Å². The Labute approximate surface area is 91.3 Å². The second kappa shape index (κ2) is 6.56. The number of benzene rings is 1. The van der Waals surface area contributed by atoms with Crippen molar-refractivity contribution in [1.82, 2.24) is 4.90 Å². The Morgan fingerprint density at radius 2 is 1.93 bits per heavy atom. The third kappa shape index (κ3) is 4.93. The fourth-order valence-corrected chi connectivity index (χ4v) is 1.21. The molecule has 1 aromatic rings. The summed E-state index contributed by atoms with van der Waals surface area (Å²) in [6.45, 7) is 1.89. The average Bonchev–Trinajstić information content (AvgIpc) is 2.25. The van der Waals surface area contributed by atoms with Gasteiger partial charge in [-0.05, 0) is 19.7 Å². The van der Waals surface area contributed by atoms with Gasteiger partial charge in [-0.25, -0.2) is 0 Å². The molecule has 0 aromatic heterocycles. The Kier molecular flexibility index (Phi) is 5.32. The molecule has 84 valence electrons. The van der Waals surface area contributed by atoms with Gasteiger partial charge in [-0.3, -0.25) is 0 Å². The molecule has 0 aliphatic rings. The Morgan fingerprint density at radius 1 is 1.27 bits per heavy atom. The Balaban J connectivity index is 2.22. The van der Waals surface area contributed by atoms with Crippen molar-refractivity contribution in [3.05, 3.63) is 35.9 Å². The number of aliphatic hydroxyl groups excluding tert-OH is 1. The molecule has 1 N–H and O–H groups in total. The van der Waals surface area contributed by atoms with Crippen LogP contribution in [0, 0.1) is 0 Å². The predicted molar refractivity (Wildman–Crippen MR) is 60.8 cm³/mol. The third-order valence-corrected chi connectivity index (χ3v) is 2.14. The second-order valence-electron chi connectivity index (χ2n) is 3.80. The highest BCUT2D eigenvalue weighted by Gasteiger charge is 2.06. The number of aliphatic hydroxyl groups is 1. The van der Waals surface area contributed by atoms with Gasteiger partial charge in [0.15, 0.2) is 0 Å². The van der Waals surface area contributed by atoms with Gasteiger partial charge < -0.3 is 14.7 Å². The molecule has 0 bridgehead atoms. The number of hydrogen-bond donors (Lipinski definition) is 1. The first-order valence-electron chi connectivity index (χ1n) is 5.15. The molecule has 1 unspecified atom stereocenters. The largest absolute Gasteiger partial charge is 0.386 e. The summed E-state index contributed by atoms with van der Waals surface area (Å²) < 4.78 is 5.37. The summed E-state index contributed by atoms with van der Waals surface area (Å²) in [7, 11) is 3.99. The van der Waals surface area contributed by atoms with Gasteiger partial charge in [-0.15, -0.1) is 0 Å². The van der Waals surface area contributed by atoms with Gasteiger partial charge in [0.25, 0.3) is 0 Å². The zero-order valence-electron chi connectivity index (χ0n) is 9.39. The monoisotopic (exact) mass is 209 g/mol. The first kappa shape index (κ1) is 12.2. The van der Waals surface area contributed by atoms with Gasteiger partial charge in [0.05, 0.1) is 13.2 Å². The molecule has 0 heterocycles. The minimum absolute atomic E-state index is 0.359. The van der Waals surface area contributed by atoms with E-state index >= 15 is 0 Å². The van der Waals surface area contributed by atoms with E-state index in [0.717, 1.165) is 12.1 Å². The zero-order chi connectivity index (χ0) is 11.1. The van der Waals surface area contributed by atoms with E-state index in [1.54, 1.807) is 0 Å². The standard InChI is InChI=1S/C12H19NO2/c1-13(2)8-9-15-10-12(14)11-6-4-3-5-7-11/h3-7,12,14H,8-10H2,1-2H3. The number of ether oxygens (including phenoxy) is 1. The SMILES string of the molecule is CN(C)CCOCC(O)c1ccccc1. The molecule has 0 spiro atoms. The molecule has 1 aromatic carbocycles. The van der Waals surface area contributed by atoms with Gasteiger partial charge in [-0.2, -0.15) is 0 Å². The third-order valence-electron chi connectivity index (χ3n) is 2.14. The molecule has 0 fully saturated rings. The van der Waals surface area contributed by atoms with Crippen LogP contribution in [-0.2, 0) is 4.74 Å². The quantitative estimate of drug-likeness (QED) is 0.717. The van der Waals surface area contributed by atoms with Crippen molar-refractivity contribution in [3.8, 4) is 0 Å². The molecule has 3 heteroatoms. The molecular weight excluding hydrogens is 190 g/mol. The Morgan fingerprint density at radius 3 is 2.53 bits per heavy atom. The second-order valence-corrected chi connectivity index (χ2v) is 3.80. The highest BCUT2D eigenvalue weighted by atomic mass is 16.5. The topological polar surface area (TPSA) is 32.7 Å². The minimum atomic E-state index is -0.520. The van der Waals surface area contributed by atoms with Crippen LogP contribution in [0.3, 0.4) is 0 Å². The van der Waals surface area contributed by atoms with Crippen molar-refractivity contribution in [3.63, 3.8) is 0 Å². The van der Waals surface area contributed by atoms with Gasteiger partial charge in [-0.1, -0.05) is 30.3 Å². The van der Waals surface area contributed by atoms with Gasteiger partial charge in [0, 0.05) is 6.54 Å². The van der Waals surface area contributed by atoms with Crippen LogP contribution in [0.15, 0.2) is 30.3 Å². The highest BCUT2D eigenvalue weighted by molar-refractivity contribution is 5.17. The van der Waals surface area contributed by atoms with Gasteiger partial charge >= 0.3 is 0 Å². The molecule has 1 rings (SSSR count). The van der Waals surface area contributed by atoms with Gasteiger partial charge in [0.2, 0.25) is 0 Å². The average molecular weight is 209 g/mol. The molecule has 0 radical (unpaired) electrons. The van der Waals surface area contributed by atoms with Crippen LogP contribution in [0.5, 0.6) is 0 Å². The van der Waals surface area contributed by atoms with Crippen LogP contribution in [0.2, 0.25) is 0 Å². The Bertz CT molecular complexity index is 262. The normalized spacial score (nSPS) is 13.1. The summed E-state index contributed by atoms with van der Waals surface area (Å²) in [6.07, 6.45) is -0.520. The lowest BCUT2D eigenvalue weighted by atomic mass is 10.1. The smallest absolute Gasteiger partial charge is 0.102 e. The summed E-state index contributed by atoms with van der Waals surface area (Å²) in [5.41, 5.74) is 0.905. The number of rotatable bonds is 6. The summed E-state index contributed by atoms with van der Waals surface area (Å²) in [4.78, 5) is 2.05. The van der Waals surface area contributed by atoms with Crippen molar-refractivity contribution < 1.29 is 9.84 Å². The lowest BCUT2D eigenvalue weighted by molar-refractivity contribution is 0.0306. The van der Waals surface area contributed by atoms with Crippen molar-refractivity contribution in [2.24, 2.45) is 0 Å². The summed E-state index contributed by atoms with van der Waals surface area (Å²) >= 11 is 0. The maximum atomic E-state index is 9.75. The molecule has 3 nitrogen and oxygen atoms in total. The number of nitrogens with zero attached hydrogens (tertiary/aromatic N) is 1. The summed E-state index contributed by atoms with van der Waals surface area (Å²) in [5, 5.41) is 9.75. The van der Waals surface area contributed by atoms with Crippen molar-refractivity contribution in [2.45, 2.75) is 6.10 Å². The van der Waals surface area contributed by atoms with E-state index < -0.39 is 6.10 Å². The maximum Gasteiger partial charge on any atom is 0.102 e. The lowest BCUT2D eigenvalue weighted by Crippen LogP contribution is -2.19. The van der Waals surface area contributed by atoms with Crippen LogP contribution in [-0.4, -0.2) is 43.9 Å². The Hall–Kier alpha value is -0.900. The zero-order valence-corrected chi connectivity index (χ0v) is 9.39. The van der Waals surface area contributed by atoms with E-state index in [2.05, 4.69) is 4.90 Å². The molecule has 1 atom stereocenters. The molecule has 0 aliphatic heterocycles. The molecule has 0 saturated heterocycles. The van der Waals surface area contributed by atoms with Crippen LogP contribution < -0.4 is 0 Å². The van der Waals surface area contributed by atoms with Crippen molar-refractivity contribution >= 4 is 0 Å². The highest BCUT2D eigenvalue weighted by Crippen LogP contribution is 2.11. The van der Waals surface area contributed by atoms with E-state index in [1.807, 2.05) is 44.4 Å². The number of hydrogen-bond acceptors (Lipinski definition) is 3. The van der Waals surface area contributed by atoms with E-state index in [9.17, 15) is 5.11 Å². The van der Waals surface area contributed by atoms with E-state index in [0.29, 0.717) is 13.2 Å². The fourth-order valence-electron chi connectivity index (χ4n) is 1.21. The molecule has 0 amide bonds.